The average Bonchev–Trinajstić information content (AvgIpc) is 3.05. The standard InChI is InChI=1S/C21H15NOS/c1-14-7-6-8-15(13-14)20(23)16-9-2-3-10-17(16)21-22-18-11-4-5-12-19(18)24-21/h2-13H,1H3. The van der Waals surface area contributed by atoms with E-state index in [2.05, 4.69) is 6.07 Å². The predicted octanol–water partition coefficient (Wildman–Crippen LogP) is 5.50. The second-order valence-electron chi connectivity index (χ2n) is 5.73. The smallest absolute Gasteiger partial charge is 0.193 e. The minimum absolute atomic E-state index is 0.0357. The summed E-state index contributed by atoms with van der Waals surface area (Å²) < 4.78 is 1.13. The Morgan fingerprint density at radius 3 is 2.54 bits per heavy atom. The number of aromatic nitrogens is 1. The molecular weight excluding hydrogens is 314 g/mol. The predicted molar refractivity (Wildman–Crippen MR) is 99.7 cm³/mol. The number of aryl methyl sites for hydroxylation is 1. The van der Waals surface area contributed by atoms with Gasteiger partial charge in [0.05, 0.1) is 10.2 Å². The molecule has 0 spiro atoms. The molecule has 0 unspecified atom stereocenters. The van der Waals surface area contributed by atoms with Crippen molar-refractivity contribution >= 4 is 27.3 Å². The highest BCUT2D eigenvalue weighted by atomic mass is 32.1. The molecule has 0 aliphatic rings. The van der Waals surface area contributed by atoms with Crippen molar-refractivity contribution in [3.05, 3.63) is 89.5 Å². The lowest BCUT2D eigenvalue weighted by Gasteiger charge is -2.07. The molecule has 1 heterocycles. The van der Waals surface area contributed by atoms with Gasteiger partial charge in [-0.25, -0.2) is 4.98 Å². The van der Waals surface area contributed by atoms with Gasteiger partial charge in [-0.2, -0.15) is 0 Å². The van der Waals surface area contributed by atoms with Crippen LogP contribution in [0.5, 0.6) is 0 Å². The summed E-state index contributed by atoms with van der Waals surface area (Å²) in [5.41, 5.74) is 4.35. The van der Waals surface area contributed by atoms with E-state index in [-0.39, 0.29) is 5.78 Å². The van der Waals surface area contributed by atoms with Crippen LogP contribution in [0.25, 0.3) is 20.8 Å². The highest BCUT2D eigenvalue weighted by Crippen LogP contribution is 2.32. The minimum atomic E-state index is 0.0357. The van der Waals surface area contributed by atoms with Crippen LogP contribution in [0.3, 0.4) is 0 Å². The average molecular weight is 329 g/mol. The fourth-order valence-corrected chi connectivity index (χ4v) is 3.80. The Bertz CT molecular complexity index is 1020. The summed E-state index contributed by atoms with van der Waals surface area (Å²) >= 11 is 1.62. The van der Waals surface area contributed by atoms with Crippen LogP contribution in [0.4, 0.5) is 0 Å². The topological polar surface area (TPSA) is 30.0 Å². The zero-order valence-electron chi connectivity index (χ0n) is 13.2. The minimum Gasteiger partial charge on any atom is -0.289 e. The van der Waals surface area contributed by atoms with E-state index in [9.17, 15) is 4.79 Å². The third kappa shape index (κ3) is 2.63. The molecule has 0 N–H and O–H groups in total. The number of carbonyl (C=O) groups excluding carboxylic acids is 1. The molecule has 0 saturated heterocycles. The quantitative estimate of drug-likeness (QED) is 0.464. The molecule has 0 atom stereocenters. The summed E-state index contributed by atoms with van der Waals surface area (Å²) in [5.74, 6) is 0.0357. The molecule has 4 aromatic rings. The van der Waals surface area contributed by atoms with Gasteiger partial charge in [-0.15, -0.1) is 11.3 Å². The summed E-state index contributed by atoms with van der Waals surface area (Å²) in [5, 5.41) is 0.882. The molecule has 2 nitrogen and oxygen atoms in total. The maximum atomic E-state index is 13.0. The Balaban J connectivity index is 1.84. The molecule has 3 aromatic carbocycles. The van der Waals surface area contributed by atoms with Gasteiger partial charge in [0.15, 0.2) is 5.78 Å². The fraction of sp³-hybridized carbons (Fsp3) is 0.0476. The zero-order chi connectivity index (χ0) is 16.5. The fourth-order valence-electron chi connectivity index (χ4n) is 2.80. The Morgan fingerprint density at radius 1 is 0.917 bits per heavy atom. The highest BCUT2D eigenvalue weighted by Gasteiger charge is 2.17. The number of carbonyl (C=O) groups is 1. The van der Waals surface area contributed by atoms with Crippen molar-refractivity contribution in [3.8, 4) is 10.6 Å². The molecule has 0 bridgehead atoms. The molecule has 0 aliphatic heterocycles. The van der Waals surface area contributed by atoms with E-state index in [0.29, 0.717) is 11.1 Å². The number of thiazole rings is 1. The van der Waals surface area contributed by atoms with Crippen LogP contribution in [-0.2, 0) is 0 Å². The number of ketones is 1. The van der Waals surface area contributed by atoms with Gasteiger partial charge < -0.3 is 0 Å². The lowest BCUT2D eigenvalue weighted by molar-refractivity contribution is 0.103. The van der Waals surface area contributed by atoms with Crippen molar-refractivity contribution in [2.75, 3.05) is 0 Å². The van der Waals surface area contributed by atoms with Gasteiger partial charge in [0, 0.05) is 16.7 Å². The molecule has 0 fully saturated rings. The van der Waals surface area contributed by atoms with Crippen molar-refractivity contribution in [1.82, 2.24) is 4.98 Å². The Hall–Kier alpha value is -2.78. The number of para-hydroxylation sites is 1. The van der Waals surface area contributed by atoms with E-state index >= 15 is 0 Å². The van der Waals surface area contributed by atoms with Crippen LogP contribution in [0, 0.1) is 6.92 Å². The van der Waals surface area contributed by atoms with Gasteiger partial charge in [-0.1, -0.05) is 60.2 Å². The second kappa shape index (κ2) is 6.02. The van der Waals surface area contributed by atoms with Gasteiger partial charge in [-0.3, -0.25) is 4.79 Å². The summed E-state index contributed by atoms with van der Waals surface area (Å²) in [6.07, 6.45) is 0. The maximum absolute atomic E-state index is 13.0. The molecular formula is C21H15NOS. The zero-order valence-corrected chi connectivity index (χ0v) is 14.0. The van der Waals surface area contributed by atoms with E-state index in [0.717, 1.165) is 26.4 Å². The van der Waals surface area contributed by atoms with Crippen LogP contribution >= 0.6 is 11.3 Å². The van der Waals surface area contributed by atoms with Crippen molar-refractivity contribution in [3.63, 3.8) is 0 Å². The van der Waals surface area contributed by atoms with E-state index in [1.807, 2.05) is 73.7 Å². The highest BCUT2D eigenvalue weighted by molar-refractivity contribution is 7.21. The van der Waals surface area contributed by atoms with Crippen LogP contribution in [0.15, 0.2) is 72.8 Å². The van der Waals surface area contributed by atoms with Crippen LogP contribution in [0.1, 0.15) is 21.5 Å². The largest absolute Gasteiger partial charge is 0.289 e. The maximum Gasteiger partial charge on any atom is 0.193 e. The van der Waals surface area contributed by atoms with Crippen molar-refractivity contribution in [1.29, 1.82) is 0 Å². The van der Waals surface area contributed by atoms with E-state index in [1.165, 1.54) is 0 Å². The third-order valence-corrected chi connectivity index (χ3v) is 5.05. The number of hydrogen-bond acceptors (Lipinski definition) is 3. The van der Waals surface area contributed by atoms with Gasteiger partial charge in [0.2, 0.25) is 0 Å². The normalized spacial score (nSPS) is 10.9. The molecule has 1 aromatic heterocycles. The first-order valence-corrected chi connectivity index (χ1v) is 8.60. The molecule has 3 heteroatoms. The Labute approximate surface area is 144 Å². The number of rotatable bonds is 3. The van der Waals surface area contributed by atoms with Crippen LogP contribution < -0.4 is 0 Å². The number of benzene rings is 3. The first kappa shape index (κ1) is 14.8. The van der Waals surface area contributed by atoms with E-state index in [1.54, 1.807) is 11.3 Å². The molecule has 24 heavy (non-hydrogen) atoms. The van der Waals surface area contributed by atoms with Crippen LogP contribution in [0.2, 0.25) is 0 Å². The summed E-state index contributed by atoms with van der Waals surface area (Å²) in [6, 6.07) is 23.5. The Kier molecular flexibility index (Phi) is 3.71. The molecule has 4 rings (SSSR count). The molecule has 0 radical (unpaired) electrons. The lowest BCUT2D eigenvalue weighted by atomic mass is 9.97. The summed E-state index contributed by atoms with van der Waals surface area (Å²) in [7, 11) is 0. The van der Waals surface area contributed by atoms with Crippen LogP contribution in [-0.4, -0.2) is 10.8 Å². The van der Waals surface area contributed by atoms with Crippen molar-refractivity contribution in [2.45, 2.75) is 6.92 Å². The van der Waals surface area contributed by atoms with Gasteiger partial charge in [0.1, 0.15) is 5.01 Å². The van der Waals surface area contributed by atoms with E-state index in [4.69, 9.17) is 4.98 Å². The molecule has 0 amide bonds. The van der Waals surface area contributed by atoms with Crippen molar-refractivity contribution in [2.24, 2.45) is 0 Å². The lowest BCUT2D eigenvalue weighted by Crippen LogP contribution is -2.03. The van der Waals surface area contributed by atoms with Gasteiger partial charge in [0.25, 0.3) is 0 Å². The van der Waals surface area contributed by atoms with Gasteiger partial charge >= 0.3 is 0 Å². The number of nitrogens with zero attached hydrogens (tertiary/aromatic N) is 1. The molecule has 116 valence electrons. The third-order valence-electron chi connectivity index (χ3n) is 3.98. The SMILES string of the molecule is Cc1cccc(C(=O)c2ccccc2-c2nc3ccccc3s2)c1. The second-order valence-corrected chi connectivity index (χ2v) is 6.76. The van der Waals surface area contributed by atoms with Crippen molar-refractivity contribution < 1.29 is 4.79 Å². The van der Waals surface area contributed by atoms with E-state index < -0.39 is 0 Å². The summed E-state index contributed by atoms with van der Waals surface area (Å²) in [4.78, 5) is 17.7. The Morgan fingerprint density at radius 2 is 1.71 bits per heavy atom. The first-order chi connectivity index (χ1) is 11.7. The number of hydrogen-bond donors (Lipinski definition) is 0. The summed E-state index contributed by atoms with van der Waals surface area (Å²) in [6.45, 7) is 2.00. The monoisotopic (exact) mass is 329 g/mol. The molecule has 0 aliphatic carbocycles. The van der Waals surface area contributed by atoms with Gasteiger partial charge in [-0.05, 0) is 25.1 Å². The first-order valence-electron chi connectivity index (χ1n) is 7.79. The number of fused-ring (bicyclic) bond motifs is 1. The molecule has 0 saturated carbocycles.